The van der Waals surface area contributed by atoms with Gasteiger partial charge in [-0.25, -0.2) is 4.79 Å². The molecule has 0 saturated carbocycles. The Bertz CT molecular complexity index is 6580. The van der Waals surface area contributed by atoms with Gasteiger partial charge in [-0.3, -0.25) is 29.7 Å². The fourth-order valence-corrected chi connectivity index (χ4v) is 15.3. The van der Waals surface area contributed by atoms with Gasteiger partial charge in [0.2, 0.25) is 0 Å². The zero-order valence-electron chi connectivity index (χ0n) is 77.7. The molecule has 4 heterocycles. The number of unbranched alkanes of at least 4 members (excludes halogenated alkanes) is 2. The fourth-order valence-electron chi connectivity index (χ4n) is 13.2. The van der Waals surface area contributed by atoms with Crippen LogP contribution >= 0.6 is 92.8 Å². The summed E-state index contributed by atoms with van der Waals surface area (Å²) in [5, 5.41) is 100. The highest BCUT2D eigenvalue weighted by atomic mass is 127. The number of aromatic hydroxyl groups is 9. The second kappa shape index (κ2) is 56.0. The number of nitrogens with zero attached hydrogens (tertiary/aromatic N) is 4. The van der Waals surface area contributed by atoms with Crippen molar-refractivity contribution >= 4 is 159 Å². The van der Waals surface area contributed by atoms with E-state index in [2.05, 4.69) is 68.6 Å². The summed E-state index contributed by atoms with van der Waals surface area (Å²) in [6.45, 7) is 22.2. The van der Waals surface area contributed by atoms with E-state index in [4.69, 9.17) is 109 Å². The molecular weight excluding hydrogens is 1980 g/mol. The molecule has 137 heavy (non-hydrogen) atoms. The summed E-state index contributed by atoms with van der Waals surface area (Å²) in [5.41, 5.74) is 8.58. The number of non-ortho nitro benzene ring substituents is 1. The number of fused-ring (bicyclic) bond motifs is 4. The van der Waals surface area contributed by atoms with Gasteiger partial charge in [0.1, 0.15) is 73.2 Å². The minimum absolute atomic E-state index is 0.0498. The van der Waals surface area contributed by atoms with E-state index in [-0.39, 0.29) is 68.7 Å². The number of ether oxygens (including phenoxy) is 3. The molecule has 30 heteroatoms. The number of furan rings is 1. The number of thiocarbonyl (C=S) groups is 1. The molecule has 0 aliphatic rings. The van der Waals surface area contributed by atoms with Crippen LogP contribution in [0.5, 0.6) is 74.7 Å². The van der Waals surface area contributed by atoms with Crippen molar-refractivity contribution in [1.29, 1.82) is 0 Å². The third kappa shape index (κ3) is 34.7. The number of phenols is 9. The number of carbonyl (C=O) groups is 2. The van der Waals surface area contributed by atoms with Gasteiger partial charge in [-0.2, -0.15) is 0 Å². The van der Waals surface area contributed by atoms with Crippen LogP contribution in [0.1, 0.15) is 142 Å². The van der Waals surface area contributed by atoms with Gasteiger partial charge in [0.05, 0.1) is 43.7 Å². The molecule has 0 saturated heterocycles. The monoisotopic (exact) mass is 2090 g/mol. The molecule has 15 aromatic rings. The maximum atomic E-state index is 12.7. The van der Waals surface area contributed by atoms with Gasteiger partial charge in [-0.05, 0) is 293 Å². The molecule has 720 valence electrons. The van der Waals surface area contributed by atoms with E-state index in [9.17, 15) is 55.1 Å². The van der Waals surface area contributed by atoms with Crippen LogP contribution in [0.3, 0.4) is 0 Å². The molecule has 15 rings (SSSR count). The maximum absolute atomic E-state index is 12.7. The van der Waals surface area contributed by atoms with Crippen LogP contribution in [0.15, 0.2) is 263 Å². The number of halogens is 6. The molecule has 0 aliphatic carbocycles. The Balaban J connectivity index is 0.000000212. The summed E-state index contributed by atoms with van der Waals surface area (Å²) < 4.78 is 26.9. The molecule has 0 bridgehead atoms. The highest BCUT2D eigenvalue weighted by Gasteiger charge is 2.22. The first kappa shape index (κ1) is 111. The van der Waals surface area contributed by atoms with Crippen molar-refractivity contribution in [1.82, 2.24) is 14.9 Å². The quantitative estimate of drug-likeness (QED) is 0.00420. The van der Waals surface area contributed by atoms with E-state index in [0.29, 0.717) is 117 Å². The number of nitro benzene ring substituents is 1. The molecule has 0 spiro atoms. The Morgan fingerprint density at radius 1 is 0.533 bits per heavy atom. The number of phenolic OH excluding ortho intramolecular Hbond substituents is 9. The lowest BCUT2D eigenvalue weighted by atomic mass is 9.99. The van der Waals surface area contributed by atoms with Crippen LogP contribution in [0.25, 0.3) is 43.7 Å². The van der Waals surface area contributed by atoms with Crippen molar-refractivity contribution < 1.29 is 83.5 Å². The number of benzene rings is 11. The molecule has 23 nitrogen and oxygen atoms in total. The largest absolute Gasteiger partial charge is 0.508 e. The molecular formula is C107H110Cl5IN4O19S. The van der Waals surface area contributed by atoms with Crippen molar-refractivity contribution in [3.05, 3.63) is 348 Å². The summed E-state index contributed by atoms with van der Waals surface area (Å²) in [6.07, 6.45) is 15.5. The highest BCUT2D eigenvalue weighted by Crippen LogP contribution is 2.39. The second-order valence-electron chi connectivity index (χ2n) is 31.3. The van der Waals surface area contributed by atoms with Crippen molar-refractivity contribution in [2.75, 3.05) is 27.3 Å². The van der Waals surface area contributed by atoms with Crippen molar-refractivity contribution in [2.24, 2.45) is 11.8 Å². The van der Waals surface area contributed by atoms with Crippen molar-refractivity contribution in [3.63, 3.8) is 0 Å². The number of carbonyl (C=O) groups excluding carboxylic acids is 2. The van der Waals surface area contributed by atoms with E-state index in [1.165, 1.54) is 74.9 Å². The van der Waals surface area contributed by atoms with Crippen LogP contribution < -0.4 is 19.8 Å². The van der Waals surface area contributed by atoms with E-state index in [1.807, 2.05) is 98.8 Å². The van der Waals surface area contributed by atoms with Gasteiger partial charge in [0, 0.05) is 111 Å². The van der Waals surface area contributed by atoms with Gasteiger partial charge < -0.3 is 73.9 Å². The number of Topliss-reactive ketones (excluding diaryl/α,β-unsaturated/α-hetero) is 1. The Kier molecular flexibility index (Phi) is 45.4. The molecule has 0 amide bonds. The van der Waals surface area contributed by atoms with Gasteiger partial charge in [0.25, 0.3) is 5.69 Å². The van der Waals surface area contributed by atoms with E-state index >= 15 is 0 Å². The molecule has 1 unspecified atom stereocenters. The molecule has 1 atom stereocenters. The van der Waals surface area contributed by atoms with E-state index in [0.717, 1.165) is 104 Å². The predicted octanol–water partition coefficient (Wildman–Crippen LogP) is 28.7. The minimum Gasteiger partial charge on any atom is -0.508 e. The summed E-state index contributed by atoms with van der Waals surface area (Å²) >= 11 is 36.6. The molecule has 9 N–H and O–H groups in total. The van der Waals surface area contributed by atoms with Crippen LogP contribution in [-0.4, -0.2) is 110 Å². The van der Waals surface area contributed by atoms with Crippen molar-refractivity contribution in [3.8, 4) is 74.7 Å². The number of pyridine rings is 2. The number of aromatic nitrogens is 2. The van der Waals surface area contributed by atoms with Crippen LogP contribution in [0.2, 0.25) is 25.1 Å². The number of aryl methyl sites for hydroxylation is 5. The van der Waals surface area contributed by atoms with Gasteiger partial charge in [-0.1, -0.05) is 160 Å². The number of para-hydroxylation sites is 1. The summed E-state index contributed by atoms with van der Waals surface area (Å²) in [6, 6.07) is 61.6. The Hall–Kier alpha value is -12.9. The Morgan fingerprint density at radius 2 is 1.10 bits per heavy atom. The highest BCUT2D eigenvalue weighted by molar-refractivity contribution is 14.1. The number of nitro groups is 1. The first-order valence-electron chi connectivity index (χ1n) is 43.6. The number of allylic oxidation sites excluding steroid dienone is 2. The summed E-state index contributed by atoms with van der Waals surface area (Å²) in [4.78, 5) is 56.4. The summed E-state index contributed by atoms with van der Waals surface area (Å²) in [7, 11) is 3.05. The van der Waals surface area contributed by atoms with Crippen LogP contribution in [0, 0.1) is 46.3 Å². The van der Waals surface area contributed by atoms with Crippen LogP contribution in [0.4, 0.5) is 5.69 Å². The number of hydrogen-bond donors (Lipinski definition) is 9. The first-order chi connectivity index (χ1) is 65.3. The number of rotatable bonds is 23. The zero-order chi connectivity index (χ0) is 101. The normalized spacial score (nSPS) is 10.7. The Labute approximate surface area is 840 Å². The maximum Gasteiger partial charge on any atom is 0.336 e. The predicted molar refractivity (Wildman–Crippen MR) is 560 cm³/mol. The van der Waals surface area contributed by atoms with E-state index in [1.54, 1.807) is 140 Å². The summed E-state index contributed by atoms with van der Waals surface area (Å²) in [5.74, 6) is 5.09. The zero-order valence-corrected chi connectivity index (χ0v) is 84.4. The molecule has 0 fully saturated rings. The SMILES string of the molecule is CCC(C)Cc1ccc(O)cc1.CCN(CC)C(=S)c1ccc(O)c(OC)c1.CCc1oc2ccccc2c1C(=O)c1ccc(O)cc1.COc1cc(CCC(=O)CCCC/C=C/C(C)C)ccc1O.Cc1cc(=O)oc2cc(O)ccc12.Cc1cc(O)cc(C)c1Cl.O=[N+]([O-])c1ccc(O)c2ncccc12.Oc1c(I)cc(Cl)c2cccnc12.Oc1cc(Cl)ccc1Oc1ccc(Cl)cc1Cl. The fraction of sp³-hybridized carbons (Fsp3) is 0.234. The van der Waals surface area contributed by atoms with E-state index < -0.39 is 10.5 Å². The Morgan fingerprint density at radius 3 is 1.71 bits per heavy atom. The average Bonchev–Trinajstić information content (AvgIpc) is 1.65. The standard InChI is InChI=1S/C19H28O3.C17H14O3.C12H7Cl3O2.C12H17NO2S.C11H16O.C10H8O3.C9H5ClINO.C9H6N2O3.C8H9ClO/c1-15(2)8-6-4-5-7-9-17(20)12-10-16-11-13-18(21)19(14-16)22-3;1-2-14-16(13-5-3-4-6-15(13)20-14)17(19)11-7-9-12(18)10-8-11;13-7-1-3-11(9(15)5-7)17-12-4-2-8(14)6-10(12)16;1-4-13(5-2)12(16)9-6-7-10(14)11(8-9)15-3;1-3-9(2)8-10-4-6-11(12)7-5-10;1-6-4-10(12)13-9-5-7(11)2-3-8(6)9;10-6-4-7(11)9(13)8-5(6)2-1-3-12-8;12-8-4-3-7(11(13)14)6-2-1-5-10-9(6)8;1-5-3-7(10)4-6(2)8(5)9/h6,8,11,13-15,21H,4-5,7,9-10,12H2,1-3H3;3-10,18H,2H2,1H3;1-6,16H;6-8,14H,4-5H2,1-3H3;4-7,9,12H,3,8H2,1-2H3;2-5,11H,1H3;1-4,13H;1-5,12H;3-4,10H,1-2H3/b8-6+;;;;;;;;. The lowest BCUT2D eigenvalue weighted by Gasteiger charge is -2.22. The first-order valence-corrected chi connectivity index (χ1v) is 47.0. The van der Waals surface area contributed by atoms with Gasteiger partial charge in [-0.15, -0.1) is 0 Å². The third-order valence-corrected chi connectivity index (χ3v) is 23.6. The van der Waals surface area contributed by atoms with Gasteiger partial charge >= 0.3 is 5.63 Å². The lowest BCUT2D eigenvalue weighted by Crippen LogP contribution is -2.29. The third-order valence-electron chi connectivity index (χ3n) is 20.7. The van der Waals surface area contributed by atoms with Gasteiger partial charge in [0.15, 0.2) is 46.0 Å². The molecule has 0 aliphatic heterocycles. The number of methoxy groups -OCH3 is 2. The number of ketones is 2. The smallest absolute Gasteiger partial charge is 0.336 e. The molecule has 4 aromatic heterocycles. The lowest BCUT2D eigenvalue weighted by molar-refractivity contribution is -0.383. The van der Waals surface area contributed by atoms with Crippen LogP contribution in [-0.2, 0) is 24.1 Å². The average molecular weight is 2090 g/mol. The number of hydrogen-bond acceptors (Lipinski definition) is 22. The topological polar surface area (TPSA) is 359 Å². The second-order valence-corrected chi connectivity index (χ2v) is 34.9. The molecule has 11 aromatic carbocycles. The minimum atomic E-state index is -0.497. The molecule has 0 radical (unpaired) electrons. The van der Waals surface area contributed by atoms with Crippen molar-refractivity contribution in [2.45, 2.75) is 127 Å².